The molecular weight excluding hydrogens is 286 g/mol. The van der Waals surface area contributed by atoms with Crippen LogP contribution >= 0.6 is 0 Å². The maximum absolute atomic E-state index is 12.7. The van der Waals surface area contributed by atoms with E-state index >= 15 is 0 Å². The fraction of sp³-hybridized carbons (Fsp3) is 0.150. The van der Waals surface area contributed by atoms with E-state index in [1.54, 1.807) is 18.2 Å². The van der Waals surface area contributed by atoms with Gasteiger partial charge in [-0.1, -0.05) is 24.3 Å². The van der Waals surface area contributed by atoms with E-state index < -0.39 is 0 Å². The minimum absolute atomic E-state index is 0.0433. The van der Waals surface area contributed by atoms with Crippen LogP contribution in [-0.4, -0.2) is 0 Å². The average Bonchev–Trinajstić information content (AvgIpc) is 2.94. The summed E-state index contributed by atoms with van der Waals surface area (Å²) in [6, 6.07) is 13.5. The summed E-state index contributed by atoms with van der Waals surface area (Å²) >= 11 is 0. The minimum Gasteiger partial charge on any atom is -0.456 e. The van der Waals surface area contributed by atoms with E-state index in [1.807, 2.05) is 12.1 Å². The SMILES string of the molecule is Cc1ccccc1/C=C1\CCc2c1oc1ccc(N)cc1c2=O. The van der Waals surface area contributed by atoms with Crippen molar-refractivity contribution in [1.29, 1.82) is 0 Å². The standard InChI is InChI=1S/C20H17NO2/c1-12-4-2-3-5-13(12)10-14-6-8-16-19(22)17-11-15(21)7-9-18(17)23-20(14)16/h2-5,7,9-11H,6,8,21H2,1H3/b14-10+. The Labute approximate surface area is 134 Å². The number of hydrogen-bond donors (Lipinski definition) is 1. The van der Waals surface area contributed by atoms with Gasteiger partial charge in [-0.05, 0) is 60.7 Å². The number of nitrogen functional groups attached to an aromatic ring is 1. The van der Waals surface area contributed by atoms with Gasteiger partial charge in [-0.3, -0.25) is 4.79 Å². The molecule has 3 heteroatoms. The van der Waals surface area contributed by atoms with Gasteiger partial charge in [-0.15, -0.1) is 0 Å². The molecule has 0 radical (unpaired) electrons. The molecule has 0 spiro atoms. The first kappa shape index (κ1) is 13.8. The highest BCUT2D eigenvalue weighted by Crippen LogP contribution is 2.34. The fourth-order valence-electron chi connectivity index (χ4n) is 3.19. The fourth-order valence-corrected chi connectivity index (χ4v) is 3.19. The minimum atomic E-state index is 0.0433. The summed E-state index contributed by atoms with van der Waals surface area (Å²) in [6.07, 6.45) is 3.68. The summed E-state index contributed by atoms with van der Waals surface area (Å²) in [5, 5.41) is 0.570. The maximum Gasteiger partial charge on any atom is 0.196 e. The third kappa shape index (κ3) is 2.25. The molecule has 2 N–H and O–H groups in total. The van der Waals surface area contributed by atoms with Crippen molar-refractivity contribution in [3.63, 3.8) is 0 Å². The van der Waals surface area contributed by atoms with E-state index in [-0.39, 0.29) is 5.43 Å². The van der Waals surface area contributed by atoms with Crippen molar-refractivity contribution in [2.45, 2.75) is 19.8 Å². The van der Waals surface area contributed by atoms with Crippen LogP contribution in [0, 0.1) is 6.92 Å². The predicted molar refractivity (Wildman–Crippen MR) is 94.3 cm³/mol. The summed E-state index contributed by atoms with van der Waals surface area (Å²) in [5.41, 5.74) is 11.2. The normalized spacial score (nSPS) is 15.3. The van der Waals surface area contributed by atoms with E-state index in [9.17, 15) is 4.79 Å². The van der Waals surface area contributed by atoms with E-state index in [1.165, 1.54) is 5.56 Å². The first-order chi connectivity index (χ1) is 11.1. The van der Waals surface area contributed by atoms with Crippen LogP contribution in [0.25, 0.3) is 22.6 Å². The molecule has 0 fully saturated rings. The first-order valence-electron chi connectivity index (χ1n) is 7.75. The second-order valence-corrected chi connectivity index (χ2v) is 6.02. The zero-order valence-electron chi connectivity index (χ0n) is 12.9. The third-order valence-corrected chi connectivity index (χ3v) is 4.46. The van der Waals surface area contributed by atoms with Crippen LogP contribution in [-0.2, 0) is 6.42 Å². The van der Waals surface area contributed by atoms with Gasteiger partial charge in [0, 0.05) is 11.3 Å². The quantitative estimate of drug-likeness (QED) is 0.686. The molecule has 1 aliphatic carbocycles. The smallest absolute Gasteiger partial charge is 0.196 e. The molecule has 0 aliphatic heterocycles. The molecular formula is C20H17NO2. The highest BCUT2D eigenvalue weighted by Gasteiger charge is 2.24. The van der Waals surface area contributed by atoms with Gasteiger partial charge in [0.15, 0.2) is 5.43 Å². The molecule has 23 heavy (non-hydrogen) atoms. The molecule has 2 aromatic carbocycles. The van der Waals surface area contributed by atoms with Crippen LogP contribution < -0.4 is 11.2 Å². The molecule has 1 aromatic heterocycles. The van der Waals surface area contributed by atoms with Gasteiger partial charge in [0.2, 0.25) is 0 Å². The lowest BCUT2D eigenvalue weighted by molar-refractivity contribution is 0.585. The van der Waals surface area contributed by atoms with Gasteiger partial charge in [0.25, 0.3) is 0 Å². The molecule has 1 heterocycles. The lowest BCUT2D eigenvalue weighted by Crippen LogP contribution is -2.08. The lowest BCUT2D eigenvalue weighted by atomic mass is 10.0. The number of aryl methyl sites for hydroxylation is 1. The number of allylic oxidation sites excluding steroid dienone is 1. The molecule has 3 nitrogen and oxygen atoms in total. The second kappa shape index (κ2) is 5.13. The van der Waals surface area contributed by atoms with E-state index in [2.05, 4.69) is 25.1 Å². The zero-order valence-corrected chi connectivity index (χ0v) is 12.9. The number of fused-ring (bicyclic) bond motifs is 2. The first-order valence-corrected chi connectivity index (χ1v) is 7.75. The Balaban J connectivity index is 1.93. The average molecular weight is 303 g/mol. The number of nitrogens with two attached hydrogens (primary N) is 1. The van der Waals surface area contributed by atoms with Crippen molar-refractivity contribution in [1.82, 2.24) is 0 Å². The molecule has 0 saturated heterocycles. The van der Waals surface area contributed by atoms with Crippen LogP contribution in [0.5, 0.6) is 0 Å². The summed E-state index contributed by atoms with van der Waals surface area (Å²) in [7, 11) is 0. The van der Waals surface area contributed by atoms with Crippen molar-refractivity contribution in [2.75, 3.05) is 5.73 Å². The maximum atomic E-state index is 12.7. The lowest BCUT2D eigenvalue weighted by Gasteiger charge is -2.05. The van der Waals surface area contributed by atoms with Crippen LogP contribution in [0.4, 0.5) is 5.69 Å². The topological polar surface area (TPSA) is 56.2 Å². The third-order valence-electron chi connectivity index (χ3n) is 4.46. The summed E-state index contributed by atoms with van der Waals surface area (Å²) in [5.74, 6) is 0.732. The van der Waals surface area contributed by atoms with E-state index in [4.69, 9.17) is 10.2 Å². The van der Waals surface area contributed by atoms with Crippen molar-refractivity contribution < 1.29 is 4.42 Å². The largest absolute Gasteiger partial charge is 0.456 e. The Kier molecular flexibility index (Phi) is 3.08. The number of hydrogen-bond acceptors (Lipinski definition) is 3. The van der Waals surface area contributed by atoms with Crippen LogP contribution in [0.2, 0.25) is 0 Å². The Hall–Kier alpha value is -2.81. The molecule has 4 rings (SSSR count). The molecule has 1 aliphatic rings. The van der Waals surface area contributed by atoms with Gasteiger partial charge in [0.1, 0.15) is 11.3 Å². The molecule has 3 aromatic rings. The van der Waals surface area contributed by atoms with Crippen molar-refractivity contribution in [3.05, 3.63) is 75.1 Å². The zero-order chi connectivity index (χ0) is 16.0. The Morgan fingerprint density at radius 3 is 2.78 bits per heavy atom. The summed E-state index contributed by atoms with van der Waals surface area (Å²) in [4.78, 5) is 12.7. The molecule has 114 valence electrons. The molecule has 0 bridgehead atoms. The highest BCUT2D eigenvalue weighted by atomic mass is 16.3. The number of rotatable bonds is 1. The molecule has 0 unspecified atom stereocenters. The van der Waals surface area contributed by atoms with E-state index in [0.29, 0.717) is 16.7 Å². The van der Waals surface area contributed by atoms with Gasteiger partial charge in [-0.25, -0.2) is 0 Å². The molecule has 0 atom stereocenters. The van der Waals surface area contributed by atoms with Crippen LogP contribution in [0.3, 0.4) is 0 Å². The van der Waals surface area contributed by atoms with Gasteiger partial charge < -0.3 is 10.2 Å². The van der Waals surface area contributed by atoms with Gasteiger partial charge in [0.05, 0.1) is 5.39 Å². The van der Waals surface area contributed by atoms with Crippen LogP contribution in [0.1, 0.15) is 28.9 Å². The molecule has 0 saturated carbocycles. The van der Waals surface area contributed by atoms with Crippen molar-refractivity contribution >= 4 is 28.3 Å². The Bertz CT molecular complexity index is 1010. The Morgan fingerprint density at radius 1 is 1.13 bits per heavy atom. The van der Waals surface area contributed by atoms with E-state index in [0.717, 1.165) is 35.3 Å². The monoisotopic (exact) mass is 303 g/mol. The summed E-state index contributed by atoms with van der Waals surface area (Å²) in [6.45, 7) is 2.08. The number of benzene rings is 2. The second-order valence-electron chi connectivity index (χ2n) is 6.02. The highest BCUT2D eigenvalue weighted by molar-refractivity contribution is 5.88. The molecule has 0 amide bonds. The number of anilines is 1. The van der Waals surface area contributed by atoms with Crippen molar-refractivity contribution in [3.8, 4) is 0 Å². The predicted octanol–water partition coefficient (Wildman–Crippen LogP) is 4.17. The summed E-state index contributed by atoms with van der Waals surface area (Å²) < 4.78 is 6.04. The van der Waals surface area contributed by atoms with Gasteiger partial charge in [-0.2, -0.15) is 0 Å². The van der Waals surface area contributed by atoms with Gasteiger partial charge >= 0.3 is 0 Å². The van der Waals surface area contributed by atoms with Crippen molar-refractivity contribution in [2.24, 2.45) is 0 Å². The van der Waals surface area contributed by atoms with Crippen LogP contribution in [0.15, 0.2) is 51.7 Å². The Morgan fingerprint density at radius 2 is 1.96 bits per heavy atom.